The number of nitrogens with zero attached hydrogens (tertiary/aromatic N) is 1. The Labute approximate surface area is 176 Å². The minimum atomic E-state index is -0.555. The van der Waals surface area contributed by atoms with Crippen molar-refractivity contribution in [3.05, 3.63) is 64.7 Å². The standard InChI is InChI=1S/C22H27ClN2O2S/c1-15(2)24-22(27)17(4)25(13-18-8-6-5-7-16(18)3)21(26)14-28-20-11-9-19(23)10-12-20/h5-12,15,17H,13-14H2,1-4H3,(H,24,27)/t17-/m0/s1. The Balaban J connectivity index is 2.15. The molecule has 0 spiro atoms. The molecule has 2 amide bonds. The number of aryl methyl sites for hydroxylation is 1. The van der Waals surface area contributed by atoms with Gasteiger partial charge in [-0.2, -0.15) is 0 Å². The molecule has 4 nitrogen and oxygen atoms in total. The Morgan fingerprint density at radius 2 is 1.71 bits per heavy atom. The maximum absolute atomic E-state index is 13.0. The maximum atomic E-state index is 13.0. The van der Waals surface area contributed by atoms with Crippen molar-refractivity contribution in [1.82, 2.24) is 10.2 Å². The molecule has 2 rings (SSSR count). The van der Waals surface area contributed by atoms with Crippen molar-refractivity contribution in [3.63, 3.8) is 0 Å². The Kier molecular flexibility index (Phi) is 8.39. The fourth-order valence-corrected chi connectivity index (χ4v) is 3.63. The van der Waals surface area contributed by atoms with Crippen LogP contribution in [0.3, 0.4) is 0 Å². The van der Waals surface area contributed by atoms with Gasteiger partial charge in [0, 0.05) is 22.5 Å². The molecule has 1 atom stereocenters. The van der Waals surface area contributed by atoms with E-state index in [0.29, 0.717) is 11.6 Å². The number of rotatable bonds is 8. The molecular formula is C22H27ClN2O2S. The van der Waals surface area contributed by atoms with Crippen molar-refractivity contribution in [1.29, 1.82) is 0 Å². The van der Waals surface area contributed by atoms with Gasteiger partial charge in [-0.3, -0.25) is 9.59 Å². The Morgan fingerprint density at radius 3 is 2.32 bits per heavy atom. The number of halogens is 1. The number of nitrogens with one attached hydrogen (secondary N) is 1. The number of benzene rings is 2. The summed E-state index contributed by atoms with van der Waals surface area (Å²) in [4.78, 5) is 28.2. The second kappa shape index (κ2) is 10.5. The molecule has 1 N–H and O–H groups in total. The van der Waals surface area contributed by atoms with Gasteiger partial charge in [-0.05, 0) is 63.1 Å². The van der Waals surface area contributed by atoms with Gasteiger partial charge in [-0.15, -0.1) is 11.8 Å². The van der Waals surface area contributed by atoms with Crippen molar-refractivity contribution in [3.8, 4) is 0 Å². The zero-order valence-corrected chi connectivity index (χ0v) is 18.3. The predicted octanol–water partition coefficient (Wildman–Crippen LogP) is 4.68. The lowest BCUT2D eigenvalue weighted by Gasteiger charge is -2.29. The van der Waals surface area contributed by atoms with E-state index in [1.807, 2.05) is 57.2 Å². The molecule has 150 valence electrons. The second-order valence-corrected chi connectivity index (χ2v) is 8.52. The third-order valence-corrected chi connectivity index (χ3v) is 5.62. The van der Waals surface area contributed by atoms with Crippen molar-refractivity contribution in [2.75, 3.05) is 5.75 Å². The third-order valence-electron chi connectivity index (χ3n) is 4.38. The number of hydrogen-bond acceptors (Lipinski definition) is 3. The molecule has 0 aliphatic carbocycles. The Morgan fingerprint density at radius 1 is 1.07 bits per heavy atom. The van der Waals surface area contributed by atoms with Gasteiger partial charge in [0.05, 0.1) is 5.75 Å². The fourth-order valence-electron chi connectivity index (χ4n) is 2.72. The fraction of sp³-hybridized carbons (Fsp3) is 0.364. The molecule has 0 unspecified atom stereocenters. The molecule has 0 heterocycles. The minimum absolute atomic E-state index is 0.0220. The van der Waals surface area contributed by atoms with E-state index in [4.69, 9.17) is 11.6 Å². The molecule has 0 aliphatic rings. The average molecular weight is 419 g/mol. The smallest absolute Gasteiger partial charge is 0.242 e. The molecule has 2 aromatic carbocycles. The highest BCUT2D eigenvalue weighted by Crippen LogP contribution is 2.22. The predicted molar refractivity (Wildman–Crippen MR) is 117 cm³/mol. The molecule has 0 radical (unpaired) electrons. The van der Waals surface area contributed by atoms with Gasteiger partial charge >= 0.3 is 0 Å². The highest BCUT2D eigenvalue weighted by molar-refractivity contribution is 8.00. The quantitative estimate of drug-likeness (QED) is 0.633. The SMILES string of the molecule is Cc1ccccc1CN(C(=O)CSc1ccc(Cl)cc1)[C@@H](C)C(=O)NC(C)C. The Hall–Kier alpha value is -1.98. The first kappa shape index (κ1) is 22.3. The first-order valence-electron chi connectivity index (χ1n) is 9.30. The maximum Gasteiger partial charge on any atom is 0.242 e. The van der Waals surface area contributed by atoms with Crippen molar-refractivity contribution in [2.45, 2.75) is 51.2 Å². The molecule has 6 heteroatoms. The van der Waals surface area contributed by atoms with Gasteiger partial charge in [-0.25, -0.2) is 0 Å². The monoisotopic (exact) mass is 418 g/mol. The topological polar surface area (TPSA) is 49.4 Å². The van der Waals surface area contributed by atoms with Crippen molar-refractivity contribution >= 4 is 35.2 Å². The zero-order valence-electron chi connectivity index (χ0n) is 16.7. The van der Waals surface area contributed by atoms with Crippen LogP contribution in [0.2, 0.25) is 5.02 Å². The summed E-state index contributed by atoms with van der Waals surface area (Å²) in [6, 6.07) is 14.8. The molecule has 2 aromatic rings. The van der Waals surface area contributed by atoms with Gasteiger partial charge in [-0.1, -0.05) is 35.9 Å². The van der Waals surface area contributed by atoms with E-state index in [1.165, 1.54) is 11.8 Å². The summed E-state index contributed by atoms with van der Waals surface area (Å²) in [6.45, 7) is 8.02. The van der Waals surface area contributed by atoms with Crippen LogP contribution < -0.4 is 5.32 Å². The van der Waals surface area contributed by atoms with Gasteiger partial charge in [0.2, 0.25) is 11.8 Å². The summed E-state index contributed by atoms with van der Waals surface area (Å²) in [5.41, 5.74) is 2.14. The first-order chi connectivity index (χ1) is 13.3. The lowest BCUT2D eigenvalue weighted by Crippen LogP contribution is -2.49. The highest BCUT2D eigenvalue weighted by atomic mass is 35.5. The molecule has 0 aliphatic heterocycles. The summed E-state index contributed by atoms with van der Waals surface area (Å²) in [7, 11) is 0. The van der Waals surface area contributed by atoms with E-state index in [1.54, 1.807) is 24.0 Å². The molecule has 0 saturated heterocycles. The van der Waals surface area contributed by atoms with Crippen LogP contribution in [-0.2, 0) is 16.1 Å². The van der Waals surface area contributed by atoms with E-state index in [9.17, 15) is 9.59 Å². The van der Waals surface area contributed by atoms with Crippen LogP contribution in [0.25, 0.3) is 0 Å². The molecule has 0 fully saturated rings. The van der Waals surface area contributed by atoms with Crippen molar-refractivity contribution < 1.29 is 9.59 Å². The number of amides is 2. The minimum Gasteiger partial charge on any atom is -0.352 e. The highest BCUT2D eigenvalue weighted by Gasteiger charge is 2.26. The van der Waals surface area contributed by atoms with Gasteiger partial charge in [0.25, 0.3) is 0 Å². The summed E-state index contributed by atoms with van der Waals surface area (Å²) >= 11 is 7.36. The number of carbonyl (C=O) groups is 2. The van der Waals surface area contributed by atoms with Crippen LogP contribution in [0.1, 0.15) is 31.9 Å². The largest absolute Gasteiger partial charge is 0.352 e. The summed E-state index contributed by atoms with van der Waals surface area (Å²) in [5, 5.41) is 3.57. The van der Waals surface area contributed by atoms with Crippen LogP contribution >= 0.6 is 23.4 Å². The van der Waals surface area contributed by atoms with Crippen LogP contribution in [0.15, 0.2) is 53.4 Å². The third kappa shape index (κ3) is 6.57. The zero-order chi connectivity index (χ0) is 20.7. The number of carbonyl (C=O) groups excluding carboxylic acids is 2. The molecule has 0 bridgehead atoms. The van der Waals surface area contributed by atoms with Gasteiger partial charge in [0.15, 0.2) is 0 Å². The van der Waals surface area contributed by atoms with E-state index in [2.05, 4.69) is 5.32 Å². The van der Waals surface area contributed by atoms with Gasteiger partial charge in [0.1, 0.15) is 6.04 Å². The second-order valence-electron chi connectivity index (χ2n) is 7.03. The molecule has 28 heavy (non-hydrogen) atoms. The van der Waals surface area contributed by atoms with Crippen LogP contribution in [0.4, 0.5) is 0 Å². The Bertz CT molecular complexity index is 808. The summed E-state index contributed by atoms with van der Waals surface area (Å²) in [5.74, 6) is 0.0373. The average Bonchev–Trinajstić information content (AvgIpc) is 2.65. The van der Waals surface area contributed by atoms with E-state index < -0.39 is 6.04 Å². The van der Waals surface area contributed by atoms with Crippen LogP contribution in [0.5, 0.6) is 0 Å². The van der Waals surface area contributed by atoms with Crippen LogP contribution in [0, 0.1) is 6.92 Å². The summed E-state index contributed by atoms with van der Waals surface area (Å²) < 4.78 is 0. The van der Waals surface area contributed by atoms with E-state index >= 15 is 0 Å². The first-order valence-corrected chi connectivity index (χ1v) is 10.7. The van der Waals surface area contributed by atoms with E-state index in [0.717, 1.165) is 16.0 Å². The van der Waals surface area contributed by atoms with Crippen molar-refractivity contribution in [2.24, 2.45) is 0 Å². The lowest BCUT2D eigenvalue weighted by atomic mass is 10.1. The number of hydrogen-bond donors (Lipinski definition) is 1. The van der Waals surface area contributed by atoms with Crippen LogP contribution in [-0.4, -0.2) is 34.6 Å². The lowest BCUT2D eigenvalue weighted by molar-refractivity contribution is -0.138. The molecule has 0 saturated carbocycles. The summed E-state index contributed by atoms with van der Waals surface area (Å²) in [6.07, 6.45) is 0. The van der Waals surface area contributed by atoms with E-state index in [-0.39, 0.29) is 23.6 Å². The molecule has 0 aromatic heterocycles. The number of thioether (sulfide) groups is 1. The normalized spacial score (nSPS) is 11.9. The molecular weight excluding hydrogens is 392 g/mol. The van der Waals surface area contributed by atoms with Gasteiger partial charge < -0.3 is 10.2 Å².